The van der Waals surface area contributed by atoms with Crippen LogP contribution in [0.15, 0.2) is 24.3 Å². The quantitative estimate of drug-likeness (QED) is 0.913. The van der Waals surface area contributed by atoms with E-state index in [9.17, 15) is 4.39 Å². The third-order valence-electron chi connectivity index (χ3n) is 3.15. The minimum atomic E-state index is -0.193. The number of anilines is 1. The molecule has 1 atom stereocenters. The number of aryl methyl sites for hydroxylation is 3. The number of aromatic nitrogens is 2. The number of hydrogen-bond donors (Lipinski definition) is 1. The first-order valence-electron chi connectivity index (χ1n) is 6.31. The summed E-state index contributed by atoms with van der Waals surface area (Å²) in [6, 6.07) is 6.97. The predicted molar refractivity (Wildman–Crippen MR) is 74.7 cm³/mol. The summed E-state index contributed by atoms with van der Waals surface area (Å²) >= 11 is 0. The first-order valence-corrected chi connectivity index (χ1v) is 6.31. The fraction of sp³-hybridized carbons (Fsp3) is 0.333. The van der Waals surface area contributed by atoms with Crippen molar-refractivity contribution in [2.24, 2.45) is 0 Å². The van der Waals surface area contributed by atoms with Crippen LogP contribution in [-0.4, -0.2) is 10.2 Å². The van der Waals surface area contributed by atoms with Crippen LogP contribution >= 0.6 is 0 Å². The summed E-state index contributed by atoms with van der Waals surface area (Å²) < 4.78 is 13.3. The van der Waals surface area contributed by atoms with Gasteiger partial charge in [-0.05, 0) is 68.7 Å². The zero-order chi connectivity index (χ0) is 14.0. The molecule has 4 heteroatoms. The molecule has 1 N–H and O–H groups in total. The molecule has 2 aromatic rings. The summed E-state index contributed by atoms with van der Waals surface area (Å²) in [4.78, 5) is 0. The Bertz CT molecular complexity index is 555. The molecule has 0 unspecified atom stereocenters. The van der Waals surface area contributed by atoms with Crippen molar-refractivity contribution in [3.8, 4) is 0 Å². The summed E-state index contributed by atoms with van der Waals surface area (Å²) in [5.41, 5.74) is 3.87. The highest BCUT2D eigenvalue weighted by Crippen LogP contribution is 2.25. The lowest BCUT2D eigenvalue weighted by molar-refractivity contribution is 0.623. The van der Waals surface area contributed by atoms with Crippen LogP contribution in [0.5, 0.6) is 0 Å². The van der Waals surface area contributed by atoms with Crippen LogP contribution in [-0.2, 0) is 0 Å². The van der Waals surface area contributed by atoms with Crippen molar-refractivity contribution in [2.75, 3.05) is 5.32 Å². The van der Waals surface area contributed by atoms with Gasteiger partial charge in [0.05, 0.1) is 11.7 Å². The van der Waals surface area contributed by atoms with E-state index >= 15 is 0 Å². The zero-order valence-corrected chi connectivity index (χ0v) is 11.7. The molecule has 0 aliphatic carbocycles. The van der Waals surface area contributed by atoms with E-state index < -0.39 is 0 Å². The minimum Gasteiger partial charge on any atom is -0.362 e. The van der Waals surface area contributed by atoms with E-state index in [1.54, 1.807) is 12.1 Å². The molecule has 0 aliphatic heterocycles. The topological polar surface area (TPSA) is 37.8 Å². The molecule has 19 heavy (non-hydrogen) atoms. The Morgan fingerprint density at radius 3 is 2.21 bits per heavy atom. The van der Waals surface area contributed by atoms with Crippen molar-refractivity contribution in [2.45, 2.75) is 33.7 Å². The molecule has 1 aromatic heterocycles. The van der Waals surface area contributed by atoms with E-state index in [-0.39, 0.29) is 11.9 Å². The maximum absolute atomic E-state index is 13.3. The van der Waals surface area contributed by atoms with Crippen LogP contribution < -0.4 is 5.32 Å². The van der Waals surface area contributed by atoms with Crippen molar-refractivity contribution in [3.05, 3.63) is 52.5 Å². The lowest BCUT2D eigenvalue weighted by Gasteiger charge is -2.19. The average molecular weight is 259 g/mol. The monoisotopic (exact) mass is 259 g/mol. The second-order valence-corrected chi connectivity index (χ2v) is 4.88. The van der Waals surface area contributed by atoms with Crippen molar-refractivity contribution >= 4 is 5.82 Å². The van der Waals surface area contributed by atoms with Crippen LogP contribution in [0.4, 0.5) is 10.2 Å². The SMILES string of the molecule is Cc1ccc(N[C@@H](C)c2c(C)cc(F)cc2C)nn1. The number of benzene rings is 1. The highest BCUT2D eigenvalue weighted by molar-refractivity contribution is 5.43. The van der Waals surface area contributed by atoms with Gasteiger partial charge in [-0.2, -0.15) is 5.10 Å². The first-order chi connectivity index (χ1) is 8.97. The van der Waals surface area contributed by atoms with Crippen molar-refractivity contribution in [1.29, 1.82) is 0 Å². The summed E-state index contributed by atoms with van der Waals surface area (Å²) in [5.74, 6) is 0.530. The van der Waals surface area contributed by atoms with Gasteiger partial charge in [0.25, 0.3) is 0 Å². The third kappa shape index (κ3) is 3.08. The number of hydrogen-bond acceptors (Lipinski definition) is 3. The molecule has 0 aliphatic rings. The summed E-state index contributed by atoms with van der Waals surface area (Å²) in [6.45, 7) is 7.78. The molecule has 1 aromatic carbocycles. The van der Waals surface area contributed by atoms with Crippen LogP contribution in [0.25, 0.3) is 0 Å². The van der Waals surface area contributed by atoms with E-state index in [2.05, 4.69) is 15.5 Å². The fourth-order valence-electron chi connectivity index (χ4n) is 2.37. The van der Waals surface area contributed by atoms with Gasteiger partial charge in [0.1, 0.15) is 11.6 Å². The lowest BCUT2D eigenvalue weighted by Crippen LogP contribution is -2.12. The molecular formula is C15H18FN3. The molecule has 0 spiro atoms. The van der Waals surface area contributed by atoms with Gasteiger partial charge in [0.15, 0.2) is 0 Å². The molecule has 0 radical (unpaired) electrons. The fourth-order valence-corrected chi connectivity index (χ4v) is 2.37. The number of halogens is 1. The number of rotatable bonds is 3. The van der Waals surface area contributed by atoms with E-state index in [4.69, 9.17) is 0 Å². The maximum Gasteiger partial charge on any atom is 0.149 e. The Labute approximate surface area is 112 Å². The van der Waals surface area contributed by atoms with E-state index in [1.165, 1.54) is 0 Å². The highest BCUT2D eigenvalue weighted by atomic mass is 19.1. The second-order valence-electron chi connectivity index (χ2n) is 4.88. The maximum atomic E-state index is 13.3. The third-order valence-corrected chi connectivity index (χ3v) is 3.15. The van der Waals surface area contributed by atoms with Gasteiger partial charge in [-0.15, -0.1) is 5.10 Å². The normalized spacial score (nSPS) is 12.3. The summed E-state index contributed by atoms with van der Waals surface area (Å²) in [5, 5.41) is 11.4. The van der Waals surface area contributed by atoms with Gasteiger partial charge >= 0.3 is 0 Å². The molecule has 0 saturated heterocycles. The van der Waals surface area contributed by atoms with Gasteiger partial charge in [-0.1, -0.05) is 0 Å². The molecule has 2 rings (SSSR count). The minimum absolute atomic E-state index is 0.0533. The zero-order valence-electron chi connectivity index (χ0n) is 11.7. The highest BCUT2D eigenvalue weighted by Gasteiger charge is 2.13. The van der Waals surface area contributed by atoms with Gasteiger partial charge in [0.2, 0.25) is 0 Å². The number of nitrogens with zero attached hydrogens (tertiary/aromatic N) is 2. The number of nitrogens with one attached hydrogen (secondary N) is 1. The van der Waals surface area contributed by atoms with Crippen molar-refractivity contribution in [1.82, 2.24) is 10.2 Å². The summed E-state index contributed by atoms with van der Waals surface area (Å²) in [7, 11) is 0. The van der Waals surface area contributed by atoms with E-state index in [0.29, 0.717) is 0 Å². The molecule has 0 saturated carbocycles. The van der Waals surface area contributed by atoms with E-state index in [0.717, 1.165) is 28.2 Å². The van der Waals surface area contributed by atoms with Crippen LogP contribution in [0.1, 0.15) is 35.3 Å². The van der Waals surface area contributed by atoms with Gasteiger partial charge < -0.3 is 5.32 Å². The molecule has 0 amide bonds. The lowest BCUT2D eigenvalue weighted by atomic mass is 9.97. The first kappa shape index (κ1) is 13.5. The van der Waals surface area contributed by atoms with Crippen LogP contribution in [0, 0.1) is 26.6 Å². The Hall–Kier alpha value is -1.97. The Morgan fingerprint density at radius 2 is 1.68 bits per heavy atom. The molecule has 100 valence electrons. The second kappa shape index (κ2) is 5.34. The van der Waals surface area contributed by atoms with Crippen molar-refractivity contribution < 1.29 is 4.39 Å². The van der Waals surface area contributed by atoms with Crippen LogP contribution in [0.3, 0.4) is 0 Å². The molecular weight excluding hydrogens is 241 g/mol. The standard InChI is InChI=1S/C15H18FN3/c1-9-7-13(16)8-10(2)15(9)12(4)17-14-6-5-11(3)18-19-14/h5-8,12H,1-4H3,(H,17,19)/t12-/m0/s1. The Balaban J connectivity index is 2.25. The average Bonchev–Trinajstić information content (AvgIpc) is 2.30. The van der Waals surface area contributed by atoms with E-state index in [1.807, 2.05) is 39.8 Å². The molecule has 1 heterocycles. The van der Waals surface area contributed by atoms with Gasteiger partial charge in [-0.25, -0.2) is 4.39 Å². The molecule has 0 fully saturated rings. The smallest absolute Gasteiger partial charge is 0.149 e. The largest absolute Gasteiger partial charge is 0.362 e. The Morgan fingerprint density at radius 1 is 1.05 bits per heavy atom. The summed E-state index contributed by atoms with van der Waals surface area (Å²) in [6.07, 6.45) is 0. The predicted octanol–water partition coefficient (Wildman–Crippen LogP) is 3.71. The molecule has 3 nitrogen and oxygen atoms in total. The van der Waals surface area contributed by atoms with Gasteiger partial charge in [0, 0.05) is 0 Å². The van der Waals surface area contributed by atoms with Gasteiger partial charge in [-0.3, -0.25) is 0 Å². The van der Waals surface area contributed by atoms with Crippen LogP contribution in [0.2, 0.25) is 0 Å². The van der Waals surface area contributed by atoms with Crippen molar-refractivity contribution in [3.63, 3.8) is 0 Å². The molecule has 0 bridgehead atoms. The Kier molecular flexibility index (Phi) is 3.79.